The number of amides is 3. The van der Waals surface area contributed by atoms with Gasteiger partial charge in [-0.05, 0) is 23.6 Å². The van der Waals surface area contributed by atoms with E-state index in [1.807, 2.05) is 11.0 Å². The summed E-state index contributed by atoms with van der Waals surface area (Å²) in [6.07, 6.45) is 0.155. The van der Waals surface area contributed by atoms with Crippen molar-refractivity contribution in [2.45, 2.75) is 13.0 Å². The highest BCUT2D eigenvalue weighted by Gasteiger charge is 2.35. The zero-order valence-corrected chi connectivity index (χ0v) is 19.0. The van der Waals surface area contributed by atoms with E-state index in [2.05, 4.69) is 21.7 Å². The molecule has 5 rings (SSSR count). The zero-order chi connectivity index (χ0) is 22.1. The number of imide groups is 1. The van der Waals surface area contributed by atoms with Gasteiger partial charge in [-0.15, -0.1) is 22.7 Å². The van der Waals surface area contributed by atoms with E-state index in [1.54, 1.807) is 46.9 Å². The van der Waals surface area contributed by atoms with E-state index in [0.29, 0.717) is 24.2 Å². The van der Waals surface area contributed by atoms with E-state index >= 15 is 0 Å². The first-order valence-corrected chi connectivity index (χ1v) is 12.3. The minimum atomic E-state index is -0.311. The minimum absolute atomic E-state index is 0.0181. The molecule has 0 N–H and O–H groups in total. The smallest absolute Gasteiger partial charge is 0.261 e. The van der Waals surface area contributed by atoms with Crippen LogP contribution in [0, 0.1) is 0 Å². The number of carbonyl (C=O) groups is 3. The summed E-state index contributed by atoms with van der Waals surface area (Å²) in [4.78, 5) is 48.9. The van der Waals surface area contributed by atoms with Gasteiger partial charge in [-0.3, -0.25) is 24.2 Å². The van der Waals surface area contributed by atoms with Crippen LogP contribution in [0.5, 0.6) is 0 Å². The molecule has 3 aromatic rings. The topological polar surface area (TPSA) is 73.8 Å². The summed E-state index contributed by atoms with van der Waals surface area (Å²) in [7, 11) is 0. The van der Waals surface area contributed by atoms with Crippen LogP contribution in [0.15, 0.2) is 47.2 Å². The van der Waals surface area contributed by atoms with E-state index < -0.39 is 0 Å². The highest BCUT2D eigenvalue weighted by atomic mass is 32.1. The highest BCUT2D eigenvalue weighted by molar-refractivity contribution is 7.14. The van der Waals surface area contributed by atoms with Crippen LogP contribution in [-0.2, 0) is 11.3 Å². The zero-order valence-electron chi connectivity index (χ0n) is 17.4. The SMILES string of the molecule is O=C(CCN1C(=O)c2ccccc2C1=O)N1CCN(Cc2nc(-c3cccs3)cs2)CC1. The van der Waals surface area contributed by atoms with Gasteiger partial charge in [0.05, 0.1) is 28.2 Å². The Balaban J connectivity index is 1.10. The van der Waals surface area contributed by atoms with E-state index in [1.165, 1.54) is 9.78 Å². The fourth-order valence-corrected chi connectivity index (χ4v) is 5.67. The molecule has 0 unspecified atom stereocenters. The summed E-state index contributed by atoms with van der Waals surface area (Å²) in [5, 5.41) is 5.23. The number of thiazole rings is 1. The van der Waals surface area contributed by atoms with E-state index in [4.69, 9.17) is 4.98 Å². The highest BCUT2D eigenvalue weighted by Crippen LogP contribution is 2.27. The summed E-state index contributed by atoms with van der Waals surface area (Å²) >= 11 is 3.36. The number of hydrogen-bond acceptors (Lipinski definition) is 7. The Morgan fingerprint density at radius 3 is 2.31 bits per heavy atom. The van der Waals surface area contributed by atoms with Crippen molar-refractivity contribution in [1.29, 1.82) is 0 Å². The molecule has 2 aliphatic rings. The Hall–Kier alpha value is -2.88. The van der Waals surface area contributed by atoms with E-state index in [-0.39, 0.29) is 30.7 Å². The van der Waals surface area contributed by atoms with Crippen LogP contribution in [0.3, 0.4) is 0 Å². The maximum absolute atomic E-state index is 12.7. The van der Waals surface area contributed by atoms with Gasteiger partial charge in [0.25, 0.3) is 11.8 Å². The molecule has 0 aliphatic carbocycles. The number of benzene rings is 1. The molecule has 1 aromatic carbocycles. The largest absolute Gasteiger partial charge is 0.340 e. The Morgan fingerprint density at radius 1 is 0.938 bits per heavy atom. The maximum Gasteiger partial charge on any atom is 0.261 e. The number of carbonyl (C=O) groups excluding carboxylic acids is 3. The van der Waals surface area contributed by atoms with Crippen molar-refractivity contribution in [2.75, 3.05) is 32.7 Å². The fraction of sp³-hybridized carbons (Fsp3) is 0.304. The van der Waals surface area contributed by atoms with Gasteiger partial charge in [-0.2, -0.15) is 0 Å². The summed E-state index contributed by atoms with van der Waals surface area (Å²) in [6, 6.07) is 10.9. The third-order valence-corrected chi connectivity index (χ3v) is 7.56. The summed E-state index contributed by atoms with van der Waals surface area (Å²) in [6.45, 7) is 3.76. The summed E-state index contributed by atoms with van der Waals surface area (Å²) in [5.74, 6) is -0.641. The Kier molecular flexibility index (Phi) is 5.86. The predicted molar refractivity (Wildman–Crippen MR) is 124 cm³/mol. The molecule has 3 amide bonds. The second-order valence-corrected chi connectivity index (χ2v) is 9.71. The van der Waals surface area contributed by atoms with E-state index in [9.17, 15) is 14.4 Å². The Morgan fingerprint density at radius 2 is 1.66 bits per heavy atom. The van der Waals surface area contributed by atoms with Crippen molar-refractivity contribution < 1.29 is 14.4 Å². The monoisotopic (exact) mass is 466 g/mol. The first kappa shape index (κ1) is 21.0. The molecule has 0 saturated carbocycles. The average molecular weight is 467 g/mol. The number of aromatic nitrogens is 1. The van der Waals surface area contributed by atoms with Gasteiger partial charge in [0.2, 0.25) is 5.91 Å². The average Bonchev–Trinajstić information content (AvgIpc) is 3.55. The van der Waals surface area contributed by atoms with Gasteiger partial charge in [0.1, 0.15) is 5.01 Å². The molecule has 1 fully saturated rings. The number of rotatable bonds is 6. The van der Waals surface area contributed by atoms with Gasteiger partial charge >= 0.3 is 0 Å². The Bertz CT molecular complexity index is 1110. The van der Waals surface area contributed by atoms with Crippen LogP contribution in [0.25, 0.3) is 10.6 Å². The quantitative estimate of drug-likeness (QED) is 0.522. The van der Waals surface area contributed by atoms with Gasteiger partial charge in [-0.1, -0.05) is 18.2 Å². The second kappa shape index (κ2) is 8.93. The summed E-state index contributed by atoms with van der Waals surface area (Å²) in [5.41, 5.74) is 1.87. The molecular formula is C23H22N4O3S2. The van der Waals surface area contributed by atoms with Crippen LogP contribution in [-0.4, -0.2) is 70.1 Å². The fourth-order valence-electron chi connectivity index (χ4n) is 4.08. The normalized spacial score (nSPS) is 16.6. The standard InChI is InChI=1S/C23H22N4O3S2/c28-21(7-8-27-22(29)16-4-1-2-5-17(16)23(27)30)26-11-9-25(10-12-26)14-20-24-18(15-32-20)19-6-3-13-31-19/h1-6,13,15H,7-12,14H2. The lowest BCUT2D eigenvalue weighted by molar-refractivity contribution is -0.133. The van der Waals surface area contributed by atoms with Crippen LogP contribution in [0.2, 0.25) is 0 Å². The maximum atomic E-state index is 12.7. The van der Waals surface area contributed by atoms with Crippen LogP contribution >= 0.6 is 22.7 Å². The first-order chi connectivity index (χ1) is 15.6. The summed E-state index contributed by atoms with van der Waals surface area (Å²) < 4.78 is 0. The van der Waals surface area contributed by atoms with Gasteiger partial charge in [0.15, 0.2) is 0 Å². The molecule has 0 radical (unpaired) electrons. The van der Waals surface area contributed by atoms with Crippen molar-refractivity contribution >= 4 is 40.4 Å². The van der Waals surface area contributed by atoms with Gasteiger partial charge in [-0.25, -0.2) is 4.98 Å². The molecule has 2 aromatic heterocycles. The van der Waals surface area contributed by atoms with Crippen molar-refractivity contribution in [3.8, 4) is 10.6 Å². The molecule has 0 spiro atoms. The molecule has 4 heterocycles. The predicted octanol–water partition coefficient (Wildman–Crippen LogP) is 3.20. The first-order valence-electron chi connectivity index (χ1n) is 10.5. The molecule has 7 nitrogen and oxygen atoms in total. The lowest BCUT2D eigenvalue weighted by Crippen LogP contribution is -2.49. The van der Waals surface area contributed by atoms with Crippen molar-refractivity contribution in [2.24, 2.45) is 0 Å². The number of thiophene rings is 1. The molecule has 0 bridgehead atoms. The number of fused-ring (bicyclic) bond motifs is 1. The molecule has 2 aliphatic heterocycles. The molecular weight excluding hydrogens is 444 g/mol. The van der Waals surface area contributed by atoms with Crippen LogP contribution < -0.4 is 0 Å². The molecule has 32 heavy (non-hydrogen) atoms. The minimum Gasteiger partial charge on any atom is -0.340 e. The second-order valence-electron chi connectivity index (χ2n) is 7.82. The van der Waals surface area contributed by atoms with Crippen molar-refractivity contribution in [3.63, 3.8) is 0 Å². The lowest BCUT2D eigenvalue weighted by atomic mass is 10.1. The number of piperazine rings is 1. The van der Waals surface area contributed by atoms with E-state index in [0.717, 1.165) is 30.3 Å². The van der Waals surface area contributed by atoms with Gasteiger partial charge in [0, 0.05) is 44.5 Å². The molecule has 1 saturated heterocycles. The van der Waals surface area contributed by atoms with Crippen molar-refractivity contribution in [1.82, 2.24) is 19.7 Å². The number of nitrogens with zero attached hydrogens (tertiary/aromatic N) is 4. The van der Waals surface area contributed by atoms with Gasteiger partial charge < -0.3 is 4.90 Å². The molecule has 0 atom stereocenters. The molecule has 9 heteroatoms. The third kappa shape index (κ3) is 4.11. The van der Waals surface area contributed by atoms with Crippen LogP contribution in [0.4, 0.5) is 0 Å². The van der Waals surface area contributed by atoms with Crippen molar-refractivity contribution in [3.05, 3.63) is 63.3 Å². The third-order valence-electron chi connectivity index (χ3n) is 5.84. The molecule has 164 valence electrons. The number of hydrogen-bond donors (Lipinski definition) is 0. The van der Waals surface area contributed by atoms with Crippen LogP contribution in [0.1, 0.15) is 32.1 Å². The lowest BCUT2D eigenvalue weighted by Gasteiger charge is -2.34. The Labute approximate surface area is 193 Å².